The molecule has 0 unspecified atom stereocenters. The minimum Gasteiger partial charge on any atom is -0.356 e. The Morgan fingerprint density at radius 2 is 1.88 bits per heavy atom. The second-order valence-corrected chi connectivity index (χ2v) is 8.71. The van der Waals surface area contributed by atoms with Gasteiger partial charge < -0.3 is 20.4 Å². The van der Waals surface area contributed by atoms with Crippen LogP contribution in [0.1, 0.15) is 42.5 Å². The van der Waals surface area contributed by atoms with E-state index >= 15 is 0 Å². The van der Waals surface area contributed by atoms with Crippen molar-refractivity contribution in [2.45, 2.75) is 51.7 Å². The van der Waals surface area contributed by atoms with Crippen LogP contribution in [0.25, 0.3) is 0 Å². The zero-order valence-electron chi connectivity index (χ0n) is 19.6. The molecule has 1 amide bonds. The van der Waals surface area contributed by atoms with E-state index in [1.54, 1.807) is 0 Å². The number of aliphatic imine (C=N–C) groups is 1. The number of benzene rings is 1. The number of hydrogen-bond donors (Lipinski definition) is 2. The first-order chi connectivity index (χ1) is 15.6. The van der Waals surface area contributed by atoms with Crippen LogP contribution in [0.4, 0.5) is 5.82 Å². The second-order valence-electron chi connectivity index (χ2n) is 8.71. The molecule has 0 aliphatic carbocycles. The van der Waals surface area contributed by atoms with Crippen LogP contribution in [-0.2, 0) is 17.9 Å². The predicted octanol–water partition coefficient (Wildman–Crippen LogP) is 3.46. The number of halogens is 1. The zero-order valence-corrected chi connectivity index (χ0v) is 21.9. The number of likely N-dealkylation sites (tertiary alicyclic amines) is 1. The van der Waals surface area contributed by atoms with Crippen LogP contribution in [0, 0.1) is 6.92 Å². The van der Waals surface area contributed by atoms with Gasteiger partial charge in [0, 0.05) is 57.9 Å². The van der Waals surface area contributed by atoms with E-state index in [4.69, 9.17) is 0 Å². The molecule has 178 valence electrons. The molecule has 1 aromatic heterocycles. The number of anilines is 1. The molecule has 2 aromatic rings. The minimum absolute atomic E-state index is 0. The number of aromatic nitrogens is 1. The third-order valence-corrected chi connectivity index (χ3v) is 6.25. The van der Waals surface area contributed by atoms with Crippen molar-refractivity contribution < 1.29 is 4.79 Å². The Morgan fingerprint density at radius 3 is 2.58 bits per heavy atom. The Kier molecular flexibility index (Phi) is 9.34. The van der Waals surface area contributed by atoms with Crippen LogP contribution in [0.2, 0.25) is 0 Å². The summed E-state index contributed by atoms with van der Waals surface area (Å²) in [6.45, 7) is 6.29. The van der Waals surface area contributed by atoms with Crippen LogP contribution in [0.5, 0.6) is 0 Å². The Hall–Kier alpha value is -2.36. The summed E-state index contributed by atoms with van der Waals surface area (Å²) in [7, 11) is 1.82. The lowest BCUT2D eigenvalue weighted by Crippen LogP contribution is -2.48. The van der Waals surface area contributed by atoms with E-state index in [2.05, 4.69) is 61.9 Å². The van der Waals surface area contributed by atoms with Crippen molar-refractivity contribution in [3.8, 4) is 0 Å². The highest BCUT2D eigenvalue weighted by Crippen LogP contribution is 2.18. The average molecular weight is 563 g/mol. The summed E-state index contributed by atoms with van der Waals surface area (Å²) >= 11 is 0. The molecule has 2 aliphatic heterocycles. The van der Waals surface area contributed by atoms with E-state index in [1.165, 1.54) is 11.1 Å². The number of aryl methyl sites for hydroxylation is 1. The highest BCUT2D eigenvalue weighted by molar-refractivity contribution is 14.0. The first-order valence-electron chi connectivity index (χ1n) is 11.6. The maximum atomic E-state index is 11.9. The number of hydrogen-bond acceptors (Lipinski definition) is 4. The normalized spacial score (nSPS) is 17.2. The molecule has 3 heterocycles. The standard InChI is InChI=1S/C25H34N6O.HI/c1-19-6-3-9-23(28-19)30-14-11-22(12-15-30)29-25(26-2)27-17-20-7-4-8-21(16-20)18-31-13-5-10-24(31)32;/h3-4,6-9,16,22H,5,10-15,17-18H2,1-2H3,(H2,26,27,29);1H. The SMILES string of the molecule is CN=C(NCc1cccc(CN2CCCC2=O)c1)NC1CCN(c2cccc(C)n2)CC1.I. The first-order valence-corrected chi connectivity index (χ1v) is 11.6. The molecule has 0 bridgehead atoms. The lowest BCUT2D eigenvalue weighted by molar-refractivity contribution is -0.128. The van der Waals surface area contributed by atoms with Crippen LogP contribution in [0.15, 0.2) is 47.5 Å². The first kappa shape index (κ1) is 25.3. The Morgan fingerprint density at radius 1 is 1.12 bits per heavy atom. The lowest BCUT2D eigenvalue weighted by Gasteiger charge is -2.34. The van der Waals surface area contributed by atoms with E-state index in [1.807, 2.05) is 24.9 Å². The maximum Gasteiger partial charge on any atom is 0.222 e. The quantitative estimate of drug-likeness (QED) is 0.321. The van der Waals surface area contributed by atoms with Crippen molar-refractivity contribution in [1.29, 1.82) is 0 Å². The van der Waals surface area contributed by atoms with E-state index in [-0.39, 0.29) is 29.9 Å². The van der Waals surface area contributed by atoms with E-state index in [0.29, 0.717) is 25.6 Å². The summed E-state index contributed by atoms with van der Waals surface area (Å²) in [6.07, 6.45) is 3.76. The second kappa shape index (κ2) is 12.2. The monoisotopic (exact) mass is 562 g/mol. The third-order valence-electron chi connectivity index (χ3n) is 6.25. The van der Waals surface area contributed by atoms with Gasteiger partial charge in [-0.25, -0.2) is 4.98 Å². The molecule has 2 fully saturated rings. The molecule has 1 aromatic carbocycles. The summed E-state index contributed by atoms with van der Waals surface area (Å²) in [5.74, 6) is 2.17. The maximum absolute atomic E-state index is 11.9. The van der Waals surface area contributed by atoms with Gasteiger partial charge in [-0.1, -0.05) is 30.3 Å². The van der Waals surface area contributed by atoms with Crippen molar-refractivity contribution in [2.24, 2.45) is 4.99 Å². The number of carbonyl (C=O) groups is 1. The molecule has 2 aliphatic rings. The van der Waals surface area contributed by atoms with Crippen molar-refractivity contribution in [3.63, 3.8) is 0 Å². The number of piperidine rings is 1. The predicted molar refractivity (Wildman–Crippen MR) is 144 cm³/mol. The zero-order chi connectivity index (χ0) is 22.3. The average Bonchev–Trinajstić information content (AvgIpc) is 3.21. The van der Waals surface area contributed by atoms with Crippen molar-refractivity contribution >= 4 is 41.7 Å². The Bertz CT molecular complexity index is 957. The van der Waals surface area contributed by atoms with E-state index in [9.17, 15) is 4.79 Å². The van der Waals surface area contributed by atoms with Gasteiger partial charge in [0.15, 0.2) is 5.96 Å². The van der Waals surface area contributed by atoms with Gasteiger partial charge in [0.25, 0.3) is 0 Å². The number of guanidine groups is 1. The van der Waals surface area contributed by atoms with Crippen LogP contribution in [-0.4, -0.2) is 54.5 Å². The van der Waals surface area contributed by atoms with Crippen LogP contribution in [0.3, 0.4) is 0 Å². The topological polar surface area (TPSA) is 72.9 Å². The van der Waals surface area contributed by atoms with Crippen molar-refractivity contribution in [1.82, 2.24) is 20.5 Å². The molecule has 33 heavy (non-hydrogen) atoms. The van der Waals surface area contributed by atoms with Crippen LogP contribution >= 0.6 is 24.0 Å². The van der Waals surface area contributed by atoms with Gasteiger partial charge in [-0.05, 0) is 49.4 Å². The molecule has 4 rings (SSSR count). The fraction of sp³-hybridized carbons (Fsp3) is 0.480. The number of nitrogens with one attached hydrogen (secondary N) is 2. The third kappa shape index (κ3) is 7.06. The number of carbonyl (C=O) groups excluding carboxylic acids is 1. The van der Waals surface area contributed by atoms with Gasteiger partial charge in [-0.15, -0.1) is 24.0 Å². The van der Waals surface area contributed by atoms with Gasteiger partial charge in [0.1, 0.15) is 5.82 Å². The summed E-state index contributed by atoms with van der Waals surface area (Å²) in [5.41, 5.74) is 3.43. The molecule has 8 heteroatoms. The largest absolute Gasteiger partial charge is 0.356 e. The van der Waals surface area contributed by atoms with Crippen LogP contribution < -0.4 is 15.5 Å². The van der Waals surface area contributed by atoms with E-state index < -0.39 is 0 Å². The summed E-state index contributed by atoms with van der Waals surface area (Å²) in [6, 6.07) is 15.1. The molecular weight excluding hydrogens is 527 g/mol. The highest BCUT2D eigenvalue weighted by atomic mass is 127. The fourth-order valence-corrected chi connectivity index (χ4v) is 4.46. The number of pyridine rings is 1. The van der Waals surface area contributed by atoms with Crippen molar-refractivity contribution in [3.05, 3.63) is 59.3 Å². The molecule has 7 nitrogen and oxygen atoms in total. The lowest BCUT2D eigenvalue weighted by atomic mass is 10.1. The van der Waals surface area contributed by atoms with Gasteiger partial charge >= 0.3 is 0 Å². The molecule has 0 atom stereocenters. The summed E-state index contributed by atoms with van der Waals surface area (Å²) in [4.78, 5) is 25.3. The fourth-order valence-electron chi connectivity index (χ4n) is 4.46. The Balaban J connectivity index is 0.00000306. The summed E-state index contributed by atoms with van der Waals surface area (Å²) in [5, 5.41) is 7.02. The molecular formula is C25H35IN6O. The molecule has 0 spiro atoms. The van der Waals surface area contributed by atoms with E-state index in [0.717, 1.165) is 56.4 Å². The highest BCUT2D eigenvalue weighted by Gasteiger charge is 2.21. The summed E-state index contributed by atoms with van der Waals surface area (Å²) < 4.78 is 0. The minimum atomic E-state index is 0. The molecule has 2 saturated heterocycles. The van der Waals surface area contributed by atoms with Gasteiger partial charge in [-0.2, -0.15) is 0 Å². The van der Waals surface area contributed by atoms with Gasteiger partial charge in [0.05, 0.1) is 0 Å². The smallest absolute Gasteiger partial charge is 0.222 e. The van der Waals surface area contributed by atoms with Gasteiger partial charge in [0.2, 0.25) is 5.91 Å². The molecule has 0 radical (unpaired) electrons. The number of amides is 1. The number of rotatable bonds is 6. The number of nitrogens with zero attached hydrogens (tertiary/aromatic N) is 4. The molecule has 0 saturated carbocycles. The van der Waals surface area contributed by atoms with Crippen molar-refractivity contribution in [2.75, 3.05) is 31.6 Å². The Labute approximate surface area is 214 Å². The molecule has 2 N–H and O–H groups in total. The van der Waals surface area contributed by atoms with Gasteiger partial charge in [-0.3, -0.25) is 9.79 Å².